The Morgan fingerprint density at radius 2 is 2.14 bits per heavy atom. The fourth-order valence-corrected chi connectivity index (χ4v) is 4.87. The van der Waals surface area contributed by atoms with Crippen molar-refractivity contribution in [3.63, 3.8) is 0 Å². The zero-order chi connectivity index (χ0) is 20.4. The molecule has 6 N–H and O–H groups in total. The van der Waals surface area contributed by atoms with E-state index in [9.17, 15) is 15.0 Å². The molecule has 1 fully saturated rings. The van der Waals surface area contributed by atoms with Gasteiger partial charge in [0, 0.05) is 6.42 Å². The molecule has 2 aromatic heterocycles. The van der Waals surface area contributed by atoms with Crippen molar-refractivity contribution in [1.82, 2.24) is 24.8 Å². The molecule has 0 aromatic carbocycles. The molecule has 11 nitrogen and oxygen atoms in total. The summed E-state index contributed by atoms with van der Waals surface area (Å²) in [7, 11) is 1.42. The maximum Gasteiger partial charge on any atom is 0.320 e. The van der Waals surface area contributed by atoms with Crippen LogP contribution in [-0.2, 0) is 20.4 Å². The fourth-order valence-electron chi connectivity index (χ4n) is 3.23. The second-order valence-corrected chi connectivity index (χ2v) is 9.05. The summed E-state index contributed by atoms with van der Waals surface area (Å²) in [6, 6.07) is -0.606. The molecular formula is C16H25N6O5S+. The van der Waals surface area contributed by atoms with Gasteiger partial charge in [0.05, 0.1) is 12.6 Å². The molecule has 12 heteroatoms. The standard InChI is InChI=1S/C16H24N6O5S/c1-18-8(16(25)26)3-4-28(2)5-9-11(23)12(24)15(27-9)22-7-21-10-13(17)19-6-20-14(10)22/h6-9,11-12,15,18,23-24H,3-5H2,1-2H3,(H2-,17,19,20,25,26)/p+1/t8-,9+,11+,12+,15+,28?/m0/s1. The van der Waals surface area contributed by atoms with Crippen LogP contribution in [-0.4, -0.2) is 90.0 Å². The molecule has 28 heavy (non-hydrogen) atoms. The number of nitrogens with one attached hydrogen (secondary N) is 1. The molecule has 1 aliphatic rings. The SMILES string of the molecule is CN[C@@H](CC[S+](C)C[C@H]1O[C@@H](n2cnc3c(N)ncnc32)[C@H](O)[C@@H]1O)C(=O)O. The highest BCUT2D eigenvalue weighted by Gasteiger charge is 2.46. The van der Waals surface area contributed by atoms with Crippen LogP contribution in [0.5, 0.6) is 0 Å². The minimum absolute atomic E-state index is 0.197. The molecule has 3 heterocycles. The summed E-state index contributed by atoms with van der Waals surface area (Å²) < 4.78 is 7.46. The van der Waals surface area contributed by atoms with Crippen LogP contribution in [0, 0.1) is 0 Å². The van der Waals surface area contributed by atoms with Crippen LogP contribution in [0.25, 0.3) is 11.2 Å². The van der Waals surface area contributed by atoms with E-state index in [1.165, 1.54) is 17.2 Å². The average molecular weight is 413 g/mol. The molecule has 6 atom stereocenters. The number of hydrogen-bond donors (Lipinski definition) is 5. The molecule has 1 saturated heterocycles. The van der Waals surface area contributed by atoms with E-state index in [1.807, 2.05) is 6.26 Å². The number of aliphatic hydroxyl groups is 2. The number of imidazole rings is 1. The Bertz CT molecular complexity index is 835. The van der Waals surface area contributed by atoms with Gasteiger partial charge in [0.25, 0.3) is 0 Å². The average Bonchev–Trinajstić information content (AvgIpc) is 3.19. The van der Waals surface area contributed by atoms with Gasteiger partial charge >= 0.3 is 5.97 Å². The summed E-state index contributed by atoms with van der Waals surface area (Å²) in [4.78, 5) is 23.3. The lowest BCUT2D eigenvalue weighted by Gasteiger charge is -2.16. The zero-order valence-corrected chi connectivity index (χ0v) is 16.4. The molecule has 2 aromatic rings. The van der Waals surface area contributed by atoms with Crippen LogP contribution in [0.4, 0.5) is 5.82 Å². The third-order valence-electron chi connectivity index (χ3n) is 4.85. The number of aromatic nitrogens is 4. The number of aliphatic hydroxyl groups excluding tert-OH is 2. The van der Waals surface area contributed by atoms with E-state index in [-0.39, 0.29) is 16.7 Å². The van der Waals surface area contributed by atoms with Gasteiger partial charge in [-0.1, -0.05) is 0 Å². The molecule has 0 aliphatic carbocycles. The third-order valence-corrected chi connectivity index (χ3v) is 6.68. The highest BCUT2D eigenvalue weighted by Crippen LogP contribution is 2.32. The van der Waals surface area contributed by atoms with Gasteiger partial charge in [-0.2, -0.15) is 0 Å². The Hall–Kier alpha value is -1.99. The van der Waals surface area contributed by atoms with Crippen molar-refractivity contribution in [3.8, 4) is 0 Å². The molecule has 0 spiro atoms. The van der Waals surface area contributed by atoms with Crippen LogP contribution in [0.3, 0.4) is 0 Å². The molecule has 0 saturated carbocycles. The first-order valence-electron chi connectivity index (χ1n) is 8.77. The van der Waals surface area contributed by atoms with Crippen molar-refractivity contribution < 1.29 is 24.9 Å². The summed E-state index contributed by atoms with van der Waals surface area (Å²) in [5.41, 5.74) is 6.60. The van der Waals surface area contributed by atoms with E-state index in [2.05, 4.69) is 20.3 Å². The molecule has 1 aliphatic heterocycles. The molecule has 0 bridgehead atoms. The number of fused-ring (bicyclic) bond motifs is 1. The van der Waals surface area contributed by atoms with Crippen LogP contribution in [0.1, 0.15) is 12.6 Å². The molecule has 1 unspecified atom stereocenters. The maximum atomic E-state index is 11.1. The fraction of sp³-hybridized carbons (Fsp3) is 0.625. The first kappa shape index (κ1) is 20.7. The molecule has 3 rings (SSSR count). The van der Waals surface area contributed by atoms with Crippen LogP contribution in [0.2, 0.25) is 0 Å². The number of likely N-dealkylation sites (N-methyl/N-ethyl adjacent to an activating group) is 1. The minimum atomic E-state index is -1.15. The summed E-state index contributed by atoms with van der Waals surface area (Å²) in [5.74, 6) is 0.513. The minimum Gasteiger partial charge on any atom is -0.480 e. The van der Waals surface area contributed by atoms with Gasteiger partial charge < -0.3 is 31.1 Å². The second-order valence-electron chi connectivity index (χ2n) is 6.75. The van der Waals surface area contributed by atoms with Gasteiger partial charge in [-0.3, -0.25) is 9.36 Å². The number of carboxylic acid groups (broad SMARTS) is 1. The number of nitrogens with two attached hydrogens (primary N) is 1. The van der Waals surface area contributed by atoms with Gasteiger partial charge in [0.1, 0.15) is 47.7 Å². The normalized spacial score (nSPS) is 27.1. The van der Waals surface area contributed by atoms with Crippen molar-refractivity contribution >= 4 is 33.8 Å². The van der Waals surface area contributed by atoms with Gasteiger partial charge in [0.15, 0.2) is 17.7 Å². The smallest absolute Gasteiger partial charge is 0.320 e. The van der Waals surface area contributed by atoms with Gasteiger partial charge in [-0.05, 0) is 17.9 Å². The Balaban J connectivity index is 1.67. The van der Waals surface area contributed by atoms with E-state index in [1.54, 1.807) is 7.05 Å². The third kappa shape index (κ3) is 4.05. The van der Waals surface area contributed by atoms with E-state index in [0.29, 0.717) is 29.1 Å². The lowest BCUT2D eigenvalue weighted by atomic mass is 10.1. The van der Waals surface area contributed by atoms with Crippen molar-refractivity contribution in [2.75, 3.05) is 30.5 Å². The number of carbonyl (C=O) groups is 1. The molecular weight excluding hydrogens is 388 g/mol. The maximum absolute atomic E-state index is 11.1. The largest absolute Gasteiger partial charge is 0.480 e. The number of aliphatic carboxylic acids is 1. The number of rotatable bonds is 8. The number of anilines is 1. The highest BCUT2D eigenvalue weighted by molar-refractivity contribution is 7.96. The summed E-state index contributed by atoms with van der Waals surface area (Å²) in [6.07, 6.45) is 1.57. The lowest BCUT2D eigenvalue weighted by Crippen LogP contribution is -2.38. The first-order chi connectivity index (χ1) is 13.3. The number of ether oxygens (including phenoxy) is 1. The van der Waals surface area contributed by atoms with Crippen molar-refractivity contribution in [1.29, 1.82) is 0 Å². The number of nitrogen functional groups attached to an aromatic ring is 1. The Kier molecular flexibility index (Phi) is 6.35. The topological polar surface area (TPSA) is 169 Å². The number of carboxylic acids is 1. The summed E-state index contributed by atoms with van der Waals surface area (Å²) in [6.45, 7) is 0. The van der Waals surface area contributed by atoms with Gasteiger partial charge in [-0.25, -0.2) is 15.0 Å². The molecule has 154 valence electrons. The van der Waals surface area contributed by atoms with E-state index >= 15 is 0 Å². The van der Waals surface area contributed by atoms with Crippen molar-refractivity contribution in [2.45, 2.75) is 37.0 Å². The van der Waals surface area contributed by atoms with E-state index in [0.717, 1.165) is 0 Å². The lowest BCUT2D eigenvalue weighted by molar-refractivity contribution is -0.139. The van der Waals surface area contributed by atoms with Crippen LogP contribution < -0.4 is 11.1 Å². The van der Waals surface area contributed by atoms with Crippen LogP contribution >= 0.6 is 0 Å². The number of hydrogen-bond acceptors (Lipinski definition) is 9. The quantitative estimate of drug-likeness (QED) is 0.316. The Morgan fingerprint density at radius 3 is 2.82 bits per heavy atom. The predicted molar refractivity (Wildman–Crippen MR) is 104 cm³/mol. The summed E-state index contributed by atoms with van der Waals surface area (Å²) >= 11 is 0. The van der Waals surface area contributed by atoms with E-state index in [4.69, 9.17) is 15.6 Å². The van der Waals surface area contributed by atoms with E-state index < -0.39 is 36.6 Å². The monoisotopic (exact) mass is 413 g/mol. The number of nitrogens with zero attached hydrogens (tertiary/aromatic N) is 4. The van der Waals surface area contributed by atoms with Crippen molar-refractivity contribution in [3.05, 3.63) is 12.7 Å². The molecule has 0 amide bonds. The Labute approximate surface area is 164 Å². The van der Waals surface area contributed by atoms with Crippen LogP contribution in [0.15, 0.2) is 12.7 Å². The summed E-state index contributed by atoms with van der Waals surface area (Å²) in [5, 5.41) is 32.8. The van der Waals surface area contributed by atoms with Gasteiger partial charge in [0.2, 0.25) is 0 Å². The predicted octanol–water partition coefficient (Wildman–Crippen LogP) is -1.66. The second kappa shape index (κ2) is 8.57. The Morgan fingerprint density at radius 1 is 1.39 bits per heavy atom. The first-order valence-corrected chi connectivity index (χ1v) is 10.7. The van der Waals surface area contributed by atoms with Crippen molar-refractivity contribution in [2.24, 2.45) is 0 Å². The highest BCUT2D eigenvalue weighted by atomic mass is 32.2. The van der Waals surface area contributed by atoms with Gasteiger partial charge in [-0.15, -0.1) is 0 Å². The zero-order valence-electron chi connectivity index (χ0n) is 15.6. The molecule has 0 radical (unpaired) electrons.